The van der Waals surface area contributed by atoms with Gasteiger partial charge in [-0.15, -0.1) is 0 Å². The van der Waals surface area contributed by atoms with Gasteiger partial charge in [-0.1, -0.05) is 0 Å². The van der Waals surface area contributed by atoms with Crippen LogP contribution in [0.4, 0.5) is 11.8 Å². The molecule has 0 spiro atoms. The molecule has 9 heteroatoms. The number of sulfonamides is 1. The van der Waals surface area contributed by atoms with Crippen molar-refractivity contribution in [2.24, 2.45) is 5.84 Å². The van der Waals surface area contributed by atoms with Crippen LogP contribution in [0.1, 0.15) is 13.8 Å². The summed E-state index contributed by atoms with van der Waals surface area (Å²) >= 11 is 0. The monoisotopic (exact) mass is 274 g/mol. The number of hydrogen-bond acceptors (Lipinski definition) is 7. The summed E-state index contributed by atoms with van der Waals surface area (Å²) < 4.78 is 24.9. The lowest BCUT2D eigenvalue weighted by Crippen LogP contribution is -2.47. The molecule has 0 amide bonds. The van der Waals surface area contributed by atoms with Gasteiger partial charge in [-0.3, -0.25) is 5.43 Å². The van der Waals surface area contributed by atoms with Gasteiger partial charge < -0.3 is 5.32 Å². The van der Waals surface area contributed by atoms with Crippen LogP contribution in [0.15, 0.2) is 12.3 Å². The number of hydrogen-bond donors (Lipinski definition) is 4. The Morgan fingerprint density at radius 1 is 1.44 bits per heavy atom. The fourth-order valence-electron chi connectivity index (χ4n) is 1.38. The summed E-state index contributed by atoms with van der Waals surface area (Å²) in [6, 6.07) is 1.66. The molecule has 0 bridgehead atoms. The van der Waals surface area contributed by atoms with E-state index >= 15 is 0 Å². The summed E-state index contributed by atoms with van der Waals surface area (Å²) in [6.07, 6.45) is 2.66. The van der Waals surface area contributed by atoms with Crippen LogP contribution in [0.5, 0.6) is 0 Å². The number of nitrogens with one attached hydrogen (secondary N) is 3. The lowest BCUT2D eigenvalue weighted by atomic mass is 10.1. The van der Waals surface area contributed by atoms with Crippen LogP contribution in [0.25, 0.3) is 0 Å². The molecule has 0 saturated carbocycles. The molecule has 1 heterocycles. The third-order valence-electron chi connectivity index (χ3n) is 1.96. The molecule has 0 saturated heterocycles. The molecule has 102 valence electrons. The minimum absolute atomic E-state index is 0.286. The van der Waals surface area contributed by atoms with E-state index < -0.39 is 15.6 Å². The fourth-order valence-corrected chi connectivity index (χ4v) is 2.45. The van der Waals surface area contributed by atoms with Crippen molar-refractivity contribution < 1.29 is 8.42 Å². The molecule has 0 aliphatic carbocycles. The molecule has 0 aromatic carbocycles. The first-order valence-corrected chi connectivity index (χ1v) is 7.13. The van der Waals surface area contributed by atoms with Crippen molar-refractivity contribution in [3.05, 3.63) is 12.3 Å². The van der Waals surface area contributed by atoms with Crippen molar-refractivity contribution in [2.75, 3.05) is 23.5 Å². The highest BCUT2D eigenvalue weighted by atomic mass is 32.2. The normalized spacial score (nSPS) is 12.2. The summed E-state index contributed by atoms with van der Waals surface area (Å²) in [5.41, 5.74) is 1.70. The van der Waals surface area contributed by atoms with E-state index in [2.05, 4.69) is 25.4 Å². The van der Waals surface area contributed by atoms with Crippen molar-refractivity contribution in [1.29, 1.82) is 0 Å². The third kappa shape index (κ3) is 5.25. The van der Waals surface area contributed by atoms with Gasteiger partial charge in [0.2, 0.25) is 16.0 Å². The van der Waals surface area contributed by atoms with Crippen LogP contribution in [-0.4, -0.2) is 36.7 Å². The average molecular weight is 274 g/mol. The Morgan fingerprint density at radius 2 is 2.11 bits per heavy atom. The van der Waals surface area contributed by atoms with Gasteiger partial charge in [0.15, 0.2) is 0 Å². The number of nitrogens with zero attached hydrogens (tertiary/aromatic N) is 2. The van der Waals surface area contributed by atoms with Gasteiger partial charge in [0.05, 0.1) is 6.26 Å². The van der Waals surface area contributed by atoms with Crippen molar-refractivity contribution in [3.63, 3.8) is 0 Å². The Hall–Kier alpha value is -1.45. The van der Waals surface area contributed by atoms with Gasteiger partial charge >= 0.3 is 0 Å². The van der Waals surface area contributed by atoms with Crippen LogP contribution in [0.3, 0.4) is 0 Å². The average Bonchev–Trinajstić information content (AvgIpc) is 2.24. The fraction of sp³-hybridized carbons (Fsp3) is 0.556. The molecule has 0 unspecified atom stereocenters. The van der Waals surface area contributed by atoms with Gasteiger partial charge in [0.1, 0.15) is 5.82 Å². The zero-order valence-corrected chi connectivity index (χ0v) is 11.4. The van der Waals surface area contributed by atoms with E-state index in [1.165, 1.54) is 0 Å². The minimum Gasteiger partial charge on any atom is -0.368 e. The number of rotatable bonds is 6. The summed E-state index contributed by atoms with van der Waals surface area (Å²) in [4.78, 5) is 7.92. The topological polar surface area (TPSA) is 122 Å². The highest BCUT2D eigenvalue weighted by Crippen LogP contribution is 2.08. The van der Waals surface area contributed by atoms with E-state index in [9.17, 15) is 8.42 Å². The van der Waals surface area contributed by atoms with E-state index in [1.54, 1.807) is 26.1 Å². The lowest BCUT2D eigenvalue weighted by molar-refractivity contribution is 0.476. The maximum absolute atomic E-state index is 11.2. The van der Waals surface area contributed by atoms with Crippen molar-refractivity contribution in [2.45, 2.75) is 19.4 Å². The van der Waals surface area contributed by atoms with Crippen molar-refractivity contribution in [3.8, 4) is 0 Å². The molecule has 0 aliphatic rings. The van der Waals surface area contributed by atoms with Crippen LogP contribution in [0, 0.1) is 0 Å². The molecular weight excluding hydrogens is 256 g/mol. The number of nitrogen functional groups attached to an aromatic ring is 1. The Balaban J connectivity index is 2.63. The van der Waals surface area contributed by atoms with Crippen LogP contribution in [-0.2, 0) is 10.0 Å². The first-order chi connectivity index (χ1) is 8.22. The molecule has 0 radical (unpaired) electrons. The number of aromatic nitrogens is 2. The summed E-state index contributed by atoms with van der Waals surface area (Å²) in [5, 5.41) is 3.01. The van der Waals surface area contributed by atoms with Crippen LogP contribution >= 0.6 is 0 Å². The molecule has 1 aromatic rings. The SMILES string of the molecule is CC(C)(CNc1ccnc(NN)n1)NS(C)(=O)=O. The second-order valence-corrected chi connectivity index (χ2v) is 6.27. The third-order valence-corrected chi connectivity index (χ3v) is 2.88. The predicted molar refractivity (Wildman–Crippen MR) is 70.4 cm³/mol. The molecule has 8 nitrogen and oxygen atoms in total. The van der Waals surface area contributed by atoms with Gasteiger partial charge in [0, 0.05) is 18.3 Å². The summed E-state index contributed by atoms with van der Waals surface area (Å²) in [5.74, 6) is 6.03. The maximum Gasteiger partial charge on any atom is 0.239 e. The largest absolute Gasteiger partial charge is 0.368 e. The van der Waals surface area contributed by atoms with Gasteiger partial charge in [-0.25, -0.2) is 24.0 Å². The molecule has 1 rings (SSSR count). The molecular formula is C9H18N6O2S. The number of anilines is 2. The molecule has 0 atom stereocenters. The van der Waals surface area contributed by atoms with Crippen molar-refractivity contribution >= 4 is 21.8 Å². The van der Waals surface area contributed by atoms with E-state index in [0.717, 1.165) is 6.26 Å². The first-order valence-electron chi connectivity index (χ1n) is 5.24. The molecule has 0 fully saturated rings. The standard InChI is InChI=1S/C9H18N6O2S/c1-9(2,15-18(3,16)17)6-12-7-4-5-11-8(13-7)14-10/h4-5,15H,6,10H2,1-3H3,(H2,11,12,13,14). The molecule has 5 N–H and O–H groups in total. The zero-order chi connectivity index (χ0) is 13.8. The smallest absolute Gasteiger partial charge is 0.239 e. The number of hydrazine groups is 1. The second kappa shape index (κ2) is 5.46. The maximum atomic E-state index is 11.2. The Kier molecular flexibility index (Phi) is 4.43. The van der Waals surface area contributed by atoms with E-state index in [0.29, 0.717) is 12.4 Å². The summed E-state index contributed by atoms with van der Waals surface area (Å²) in [7, 11) is -3.25. The molecule has 18 heavy (non-hydrogen) atoms. The van der Waals surface area contributed by atoms with Crippen LogP contribution < -0.4 is 21.3 Å². The Bertz CT molecular complexity index is 502. The van der Waals surface area contributed by atoms with Gasteiger partial charge in [0.25, 0.3) is 0 Å². The summed E-state index contributed by atoms with van der Waals surface area (Å²) in [6.45, 7) is 3.91. The minimum atomic E-state index is -3.25. The van der Waals surface area contributed by atoms with Crippen molar-refractivity contribution in [1.82, 2.24) is 14.7 Å². The first kappa shape index (κ1) is 14.6. The van der Waals surface area contributed by atoms with Crippen LogP contribution in [0.2, 0.25) is 0 Å². The highest BCUT2D eigenvalue weighted by molar-refractivity contribution is 7.88. The zero-order valence-electron chi connectivity index (χ0n) is 10.6. The quantitative estimate of drug-likeness (QED) is 0.407. The lowest BCUT2D eigenvalue weighted by Gasteiger charge is -2.25. The Morgan fingerprint density at radius 3 is 2.67 bits per heavy atom. The van der Waals surface area contributed by atoms with Gasteiger partial charge in [-0.2, -0.15) is 4.98 Å². The number of nitrogens with two attached hydrogens (primary N) is 1. The second-order valence-electron chi connectivity index (χ2n) is 4.52. The Labute approximate surface area is 106 Å². The predicted octanol–water partition coefficient (Wildman–Crippen LogP) is -0.498. The molecule has 1 aromatic heterocycles. The van der Waals surface area contributed by atoms with E-state index in [1.807, 2.05) is 0 Å². The highest BCUT2D eigenvalue weighted by Gasteiger charge is 2.21. The van der Waals surface area contributed by atoms with Gasteiger partial charge in [-0.05, 0) is 19.9 Å². The van der Waals surface area contributed by atoms with E-state index in [-0.39, 0.29) is 5.95 Å². The van der Waals surface area contributed by atoms with E-state index in [4.69, 9.17) is 5.84 Å². The molecule has 0 aliphatic heterocycles.